The van der Waals surface area contributed by atoms with E-state index in [1.165, 1.54) is 51.6 Å². The van der Waals surface area contributed by atoms with Crippen LogP contribution in [0, 0.1) is 5.92 Å². The van der Waals surface area contributed by atoms with Gasteiger partial charge in [-0.1, -0.05) is 12.8 Å². The van der Waals surface area contributed by atoms with Crippen molar-refractivity contribution >= 4 is 0 Å². The Hall–Kier alpha value is -0.120. The van der Waals surface area contributed by atoms with Gasteiger partial charge in [0.05, 0.1) is 19.3 Å². The van der Waals surface area contributed by atoms with Gasteiger partial charge in [-0.05, 0) is 38.1 Å². The number of hydrogen-bond donors (Lipinski definition) is 0. The Labute approximate surface area is 98.1 Å². The zero-order chi connectivity index (χ0) is 10.8. The molecule has 0 amide bonds. The van der Waals surface area contributed by atoms with Crippen LogP contribution in [0.3, 0.4) is 0 Å². The van der Waals surface area contributed by atoms with Gasteiger partial charge in [-0.2, -0.15) is 0 Å². The summed E-state index contributed by atoms with van der Waals surface area (Å²) in [6.45, 7) is 4.12. The molecule has 2 aliphatic heterocycles. The van der Waals surface area contributed by atoms with Crippen LogP contribution in [0.2, 0.25) is 0 Å². The normalized spacial score (nSPS) is 34.1. The zero-order valence-corrected chi connectivity index (χ0v) is 10.1. The predicted octanol–water partition coefficient (Wildman–Crippen LogP) is 2.01. The average molecular weight is 225 g/mol. The number of piperidine rings is 1. The Morgan fingerprint density at radius 2 is 1.75 bits per heavy atom. The van der Waals surface area contributed by atoms with Crippen LogP contribution in [-0.4, -0.2) is 43.5 Å². The van der Waals surface area contributed by atoms with E-state index in [2.05, 4.69) is 4.90 Å². The second-order valence-electron chi connectivity index (χ2n) is 5.46. The molecule has 0 aromatic carbocycles. The maximum absolute atomic E-state index is 5.69. The van der Waals surface area contributed by atoms with E-state index in [9.17, 15) is 0 Å². The van der Waals surface area contributed by atoms with E-state index in [0.29, 0.717) is 6.04 Å². The topological polar surface area (TPSA) is 21.7 Å². The number of ether oxygens (including phenoxy) is 2. The Morgan fingerprint density at radius 1 is 0.938 bits per heavy atom. The van der Waals surface area contributed by atoms with E-state index in [1.54, 1.807) is 0 Å². The molecule has 1 aliphatic carbocycles. The Morgan fingerprint density at radius 3 is 2.44 bits per heavy atom. The molecule has 3 nitrogen and oxygen atoms in total. The molecule has 0 aromatic heterocycles. The minimum atomic E-state index is 0.0698. The summed E-state index contributed by atoms with van der Waals surface area (Å²) in [6, 6.07) is 0.539. The van der Waals surface area contributed by atoms with E-state index in [-0.39, 0.29) is 6.29 Å². The predicted molar refractivity (Wildman–Crippen MR) is 62.2 cm³/mol. The molecule has 1 saturated carbocycles. The van der Waals surface area contributed by atoms with Crippen molar-refractivity contribution in [3.05, 3.63) is 0 Å². The number of hydrogen-bond acceptors (Lipinski definition) is 3. The van der Waals surface area contributed by atoms with Gasteiger partial charge in [0.1, 0.15) is 0 Å². The average Bonchev–Trinajstić information content (AvgIpc) is 2.77. The van der Waals surface area contributed by atoms with E-state index < -0.39 is 0 Å². The van der Waals surface area contributed by atoms with Gasteiger partial charge in [-0.25, -0.2) is 0 Å². The standard InChI is InChI=1S/C13H23NO2/c1-2-7-14(10-11-4-3-5-11)12(6-1)13-15-8-9-16-13/h11-13H,1-10H2. The Balaban J connectivity index is 1.58. The minimum Gasteiger partial charge on any atom is -0.349 e. The van der Waals surface area contributed by atoms with Gasteiger partial charge < -0.3 is 9.47 Å². The van der Waals surface area contributed by atoms with Crippen molar-refractivity contribution in [3.8, 4) is 0 Å². The van der Waals surface area contributed by atoms with Crippen molar-refractivity contribution < 1.29 is 9.47 Å². The summed E-state index contributed by atoms with van der Waals surface area (Å²) in [6.07, 6.45) is 8.35. The van der Waals surface area contributed by atoms with Crippen molar-refractivity contribution in [1.29, 1.82) is 0 Å². The minimum absolute atomic E-state index is 0.0698. The number of nitrogens with zero attached hydrogens (tertiary/aromatic N) is 1. The van der Waals surface area contributed by atoms with E-state index in [0.717, 1.165) is 19.1 Å². The highest BCUT2D eigenvalue weighted by atomic mass is 16.7. The molecule has 3 fully saturated rings. The molecule has 3 aliphatic rings. The summed E-state index contributed by atoms with van der Waals surface area (Å²) in [5.41, 5.74) is 0. The van der Waals surface area contributed by atoms with E-state index in [4.69, 9.17) is 9.47 Å². The van der Waals surface area contributed by atoms with Crippen LogP contribution in [0.4, 0.5) is 0 Å². The molecule has 16 heavy (non-hydrogen) atoms. The molecule has 1 unspecified atom stereocenters. The first-order valence-electron chi connectivity index (χ1n) is 6.91. The molecule has 2 heterocycles. The van der Waals surface area contributed by atoms with Crippen molar-refractivity contribution in [1.82, 2.24) is 4.90 Å². The first kappa shape index (κ1) is 11.0. The van der Waals surface area contributed by atoms with Crippen LogP contribution in [-0.2, 0) is 9.47 Å². The quantitative estimate of drug-likeness (QED) is 0.733. The van der Waals surface area contributed by atoms with E-state index >= 15 is 0 Å². The number of likely N-dealkylation sites (tertiary alicyclic amines) is 1. The molecular weight excluding hydrogens is 202 g/mol. The Bertz CT molecular complexity index is 224. The highest BCUT2D eigenvalue weighted by molar-refractivity contribution is 4.84. The summed E-state index contributed by atoms with van der Waals surface area (Å²) < 4.78 is 11.4. The summed E-state index contributed by atoms with van der Waals surface area (Å²) in [5, 5.41) is 0. The SMILES string of the molecule is C1CC(CN2CCCCC2C2OCCO2)C1. The molecule has 3 rings (SSSR count). The van der Waals surface area contributed by atoms with Gasteiger partial charge in [0.25, 0.3) is 0 Å². The molecule has 0 bridgehead atoms. The second-order valence-corrected chi connectivity index (χ2v) is 5.46. The third-order valence-electron chi connectivity index (χ3n) is 4.34. The molecular formula is C13H23NO2. The lowest BCUT2D eigenvalue weighted by Crippen LogP contribution is -2.49. The van der Waals surface area contributed by atoms with Crippen LogP contribution in [0.25, 0.3) is 0 Å². The largest absolute Gasteiger partial charge is 0.349 e. The van der Waals surface area contributed by atoms with Crippen molar-refractivity contribution in [3.63, 3.8) is 0 Å². The smallest absolute Gasteiger partial charge is 0.173 e. The number of rotatable bonds is 3. The van der Waals surface area contributed by atoms with Crippen LogP contribution < -0.4 is 0 Å². The molecule has 2 saturated heterocycles. The van der Waals surface area contributed by atoms with Gasteiger partial charge >= 0.3 is 0 Å². The van der Waals surface area contributed by atoms with Crippen LogP contribution in [0.15, 0.2) is 0 Å². The highest BCUT2D eigenvalue weighted by Gasteiger charge is 2.35. The lowest BCUT2D eigenvalue weighted by molar-refractivity contribution is -0.113. The lowest BCUT2D eigenvalue weighted by atomic mass is 9.84. The first-order valence-corrected chi connectivity index (χ1v) is 6.91. The molecule has 0 radical (unpaired) electrons. The molecule has 0 spiro atoms. The van der Waals surface area contributed by atoms with Gasteiger partial charge in [-0.15, -0.1) is 0 Å². The van der Waals surface area contributed by atoms with Gasteiger partial charge in [0.2, 0.25) is 0 Å². The fourth-order valence-corrected chi connectivity index (χ4v) is 3.16. The summed E-state index contributed by atoms with van der Waals surface area (Å²) in [7, 11) is 0. The lowest BCUT2D eigenvalue weighted by Gasteiger charge is -2.41. The monoisotopic (exact) mass is 225 g/mol. The second kappa shape index (κ2) is 5.03. The third-order valence-corrected chi connectivity index (χ3v) is 4.34. The fourth-order valence-electron chi connectivity index (χ4n) is 3.16. The van der Waals surface area contributed by atoms with Crippen molar-refractivity contribution in [2.45, 2.75) is 50.9 Å². The van der Waals surface area contributed by atoms with Crippen LogP contribution >= 0.6 is 0 Å². The summed E-state index contributed by atoms with van der Waals surface area (Å²) in [5.74, 6) is 0.960. The van der Waals surface area contributed by atoms with Crippen molar-refractivity contribution in [2.75, 3.05) is 26.3 Å². The zero-order valence-electron chi connectivity index (χ0n) is 10.1. The molecule has 1 atom stereocenters. The molecule has 0 aromatic rings. The van der Waals surface area contributed by atoms with Gasteiger partial charge in [0.15, 0.2) is 6.29 Å². The molecule has 92 valence electrons. The van der Waals surface area contributed by atoms with Gasteiger partial charge in [-0.3, -0.25) is 4.90 Å². The van der Waals surface area contributed by atoms with Crippen molar-refractivity contribution in [2.24, 2.45) is 5.92 Å². The third kappa shape index (κ3) is 2.27. The maximum atomic E-state index is 5.69. The maximum Gasteiger partial charge on any atom is 0.173 e. The van der Waals surface area contributed by atoms with Crippen LogP contribution in [0.5, 0.6) is 0 Å². The summed E-state index contributed by atoms with van der Waals surface area (Å²) >= 11 is 0. The molecule has 0 N–H and O–H groups in total. The van der Waals surface area contributed by atoms with E-state index in [1.807, 2.05) is 0 Å². The first-order chi connectivity index (χ1) is 7.93. The van der Waals surface area contributed by atoms with Crippen LogP contribution in [0.1, 0.15) is 38.5 Å². The molecule has 3 heteroatoms. The van der Waals surface area contributed by atoms with Gasteiger partial charge in [0, 0.05) is 6.54 Å². The summed E-state index contributed by atoms with van der Waals surface area (Å²) in [4.78, 5) is 2.64. The highest BCUT2D eigenvalue weighted by Crippen LogP contribution is 2.31. The fraction of sp³-hybridized carbons (Fsp3) is 1.00. The Kier molecular flexibility index (Phi) is 3.46.